The lowest BCUT2D eigenvalue weighted by molar-refractivity contribution is -0.430. The van der Waals surface area contributed by atoms with E-state index in [1.54, 1.807) is 6.58 Å². The average Bonchev–Trinajstić information content (AvgIpc) is 2.51. The van der Waals surface area contributed by atoms with Gasteiger partial charge in [0.25, 0.3) is 5.67 Å². The van der Waals surface area contributed by atoms with E-state index in [2.05, 4.69) is 0 Å². The molecule has 0 saturated heterocycles. The highest BCUT2D eigenvalue weighted by atomic mass is 19.4. The Morgan fingerprint density at radius 2 is 0.714 bits per heavy atom. The summed E-state index contributed by atoms with van der Waals surface area (Å²) in [6.45, 7) is 3.47. The van der Waals surface area contributed by atoms with Crippen LogP contribution in [0.5, 0.6) is 0 Å². The third-order valence-electron chi connectivity index (χ3n) is 3.41. The van der Waals surface area contributed by atoms with Crippen molar-refractivity contribution in [2.24, 2.45) is 0 Å². The summed E-state index contributed by atoms with van der Waals surface area (Å²) in [5, 5.41) is 0. The van der Waals surface area contributed by atoms with Crippen molar-refractivity contribution in [3.8, 4) is 0 Å². The van der Waals surface area contributed by atoms with Gasteiger partial charge in [-0.2, -0.15) is 65.9 Å². The van der Waals surface area contributed by atoms with Crippen LogP contribution in [-0.2, 0) is 0 Å². The molecule has 0 rings (SSSR count). The minimum absolute atomic E-state index is 1.42. The van der Waals surface area contributed by atoms with Crippen LogP contribution in [0.4, 0.5) is 70.2 Å². The zero-order valence-electron chi connectivity index (χ0n) is 12.6. The van der Waals surface area contributed by atoms with Gasteiger partial charge in [-0.25, -0.2) is 4.39 Å². The summed E-state index contributed by atoms with van der Waals surface area (Å²) in [4.78, 5) is 0. The van der Waals surface area contributed by atoms with Gasteiger partial charge in [-0.1, -0.05) is 13.2 Å². The van der Waals surface area contributed by atoms with Crippen molar-refractivity contribution in [2.75, 3.05) is 0 Å². The minimum atomic E-state index is -8.23. The van der Waals surface area contributed by atoms with Crippen molar-refractivity contribution in [1.82, 2.24) is 0 Å². The Bertz CT molecular complexity index is 612. The highest BCUT2D eigenvalue weighted by Gasteiger charge is 2.93. The lowest BCUT2D eigenvalue weighted by Crippen LogP contribution is -2.75. The fourth-order valence-corrected chi connectivity index (χ4v) is 1.62. The molecule has 28 heavy (non-hydrogen) atoms. The molecule has 0 heterocycles. The molecule has 0 aliphatic carbocycles. The fraction of sp³-hybridized carbons (Fsp3) is 0.667. The molecule has 166 valence electrons. The predicted octanol–water partition coefficient (Wildman–Crippen LogP) is 6.44. The molecule has 0 aliphatic rings. The molecule has 0 aromatic heterocycles. The quantitative estimate of drug-likeness (QED) is 0.293. The first kappa shape index (κ1) is 26.4. The molecule has 0 nitrogen and oxygen atoms in total. The Morgan fingerprint density at radius 3 is 0.964 bits per heavy atom. The van der Waals surface area contributed by atoms with E-state index in [9.17, 15) is 70.2 Å². The standard InChI is InChI=1S/C12H6F16/c1-3-5(13,8(18,19)12(26,27)28)7(16,17)10(22,23)11(24,25)9(20,21)6(14,15)4-2/h3-4H,1-2H2. The van der Waals surface area contributed by atoms with Crippen molar-refractivity contribution in [3.63, 3.8) is 0 Å². The summed E-state index contributed by atoms with van der Waals surface area (Å²) in [7, 11) is 0. The molecule has 0 amide bonds. The molecule has 0 spiro atoms. The predicted molar refractivity (Wildman–Crippen MR) is 60.0 cm³/mol. The molecule has 1 unspecified atom stereocenters. The highest BCUT2D eigenvalue weighted by molar-refractivity contribution is 5.24. The first-order chi connectivity index (χ1) is 11.9. The maximum atomic E-state index is 13.8. The van der Waals surface area contributed by atoms with Crippen LogP contribution < -0.4 is 0 Å². The summed E-state index contributed by atoms with van der Waals surface area (Å²) in [5.74, 6) is -45.9. The van der Waals surface area contributed by atoms with E-state index >= 15 is 0 Å². The van der Waals surface area contributed by atoms with Crippen molar-refractivity contribution < 1.29 is 70.2 Å². The molecule has 0 fully saturated rings. The summed E-state index contributed by atoms with van der Waals surface area (Å²) >= 11 is 0. The molecule has 0 aromatic rings. The second-order valence-corrected chi connectivity index (χ2v) is 5.11. The van der Waals surface area contributed by atoms with Crippen LogP contribution in [0, 0.1) is 0 Å². The molecule has 0 saturated carbocycles. The Kier molecular flexibility index (Phi) is 6.06. The molecule has 0 aliphatic heterocycles. The minimum Gasteiger partial charge on any atom is -0.225 e. The van der Waals surface area contributed by atoms with E-state index in [0.29, 0.717) is 0 Å². The zero-order valence-corrected chi connectivity index (χ0v) is 12.6. The van der Waals surface area contributed by atoms with Gasteiger partial charge in [0.1, 0.15) is 0 Å². The van der Waals surface area contributed by atoms with Crippen molar-refractivity contribution >= 4 is 0 Å². The van der Waals surface area contributed by atoms with Crippen LogP contribution in [0.2, 0.25) is 0 Å². The molecule has 16 heteroatoms. The first-order valence-corrected chi connectivity index (χ1v) is 6.17. The van der Waals surface area contributed by atoms with Gasteiger partial charge < -0.3 is 0 Å². The molecule has 1 atom stereocenters. The third kappa shape index (κ3) is 2.93. The van der Waals surface area contributed by atoms with Crippen molar-refractivity contribution in [2.45, 2.75) is 47.4 Å². The van der Waals surface area contributed by atoms with Gasteiger partial charge in [0.05, 0.1) is 0 Å². The average molecular weight is 454 g/mol. The monoisotopic (exact) mass is 454 g/mol. The van der Waals surface area contributed by atoms with Gasteiger partial charge in [-0.15, -0.1) is 0 Å². The second-order valence-electron chi connectivity index (χ2n) is 5.11. The SMILES string of the molecule is C=CC(F)(F)C(F)(F)C(F)(F)C(F)(F)C(F)(F)C(F)(C=C)C(F)(F)C(F)(F)F. The van der Waals surface area contributed by atoms with Gasteiger partial charge in [-0.05, 0) is 12.2 Å². The Morgan fingerprint density at radius 1 is 0.393 bits per heavy atom. The van der Waals surface area contributed by atoms with Crippen molar-refractivity contribution in [1.29, 1.82) is 0 Å². The Hall–Kier alpha value is -1.64. The lowest BCUT2D eigenvalue weighted by Gasteiger charge is -2.44. The van der Waals surface area contributed by atoms with Crippen LogP contribution >= 0.6 is 0 Å². The van der Waals surface area contributed by atoms with E-state index in [1.807, 2.05) is 6.58 Å². The van der Waals surface area contributed by atoms with Crippen LogP contribution in [0.15, 0.2) is 25.3 Å². The van der Waals surface area contributed by atoms with Gasteiger partial charge >= 0.3 is 41.7 Å². The van der Waals surface area contributed by atoms with E-state index < -0.39 is 59.5 Å². The number of alkyl halides is 16. The van der Waals surface area contributed by atoms with Crippen LogP contribution in [0.3, 0.4) is 0 Å². The maximum absolute atomic E-state index is 13.8. The molecule has 0 aromatic carbocycles. The molecule has 0 N–H and O–H groups in total. The smallest absolute Gasteiger partial charge is 0.225 e. The number of halogens is 16. The van der Waals surface area contributed by atoms with E-state index in [0.717, 1.165) is 0 Å². The summed E-state index contributed by atoms with van der Waals surface area (Å²) < 4.78 is 208. The van der Waals surface area contributed by atoms with Crippen LogP contribution in [-0.4, -0.2) is 47.4 Å². The first-order valence-electron chi connectivity index (χ1n) is 6.17. The lowest BCUT2D eigenvalue weighted by atomic mass is 9.81. The molecular formula is C12H6F16. The van der Waals surface area contributed by atoms with Crippen LogP contribution in [0.1, 0.15) is 0 Å². The molecular weight excluding hydrogens is 448 g/mol. The van der Waals surface area contributed by atoms with E-state index in [-0.39, 0.29) is 0 Å². The molecule has 0 radical (unpaired) electrons. The number of hydrogen-bond acceptors (Lipinski definition) is 0. The summed E-state index contributed by atoms with van der Waals surface area (Å²) in [6.07, 6.45) is -10.7. The van der Waals surface area contributed by atoms with Gasteiger partial charge in [0, 0.05) is 0 Å². The Balaban J connectivity index is 6.91. The summed E-state index contributed by atoms with van der Waals surface area (Å²) in [5.41, 5.74) is -7.16. The third-order valence-corrected chi connectivity index (χ3v) is 3.41. The van der Waals surface area contributed by atoms with Crippen molar-refractivity contribution in [3.05, 3.63) is 25.3 Å². The van der Waals surface area contributed by atoms with E-state index in [4.69, 9.17) is 0 Å². The number of hydrogen-bond donors (Lipinski definition) is 0. The maximum Gasteiger partial charge on any atom is 0.457 e. The zero-order chi connectivity index (χ0) is 23.4. The number of allylic oxidation sites excluding steroid dienone is 2. The van der Waals surface area contributed by atoms with Gasteiger partial charge in [0.2, 0.25) is 0 Å². The normalized spacial score (nSPS) is 17.9. The Labute approximate surface area is 144 Å². The second kappa shape index (κ2) is 6.43. The topological polar surface area (TPSA) is 0 Å². The number of rotatable bonds is 8. The van der Waals surface area contributed by atoms with Gasteiger partial charge in [0.15, 0.2) is 0 Å². The molecule has 0 bridgehead atoms. The van der Waals surface area contributed by atoms with Gasteiger partial charge in [-0.3, -0.25) is 0 Å². The fourth-order valence-electron chi connectivity index (χ4n) is 1.62. The van der Waals surface area contributed by atoms with Crippen LogP contribution in [0.25, 0.3) is 0 Å². The van der Waals surface area contributed by atoms with E-state index in [1.165, 1.54) is 0 Å². The largest absolute Gasteiger partial charge is 0.457 e. The summed E-state index contributed by atoms with van der Waals surface area (Å²) in [6, 6.07) is 0. The highest BCUT2D eigenvalue weighted by Crippen LogP contribution is 2.63.